The van der Waals surface area contributed by atoms with E-state index >= 15 is 0 Å². The fraction of sp³-hybridized carbons (Fsp3) is 0.250. The SMILES string of the molecule is COC(=O)c1ccc([C@@H]2N[C@@H](C)Cc3c2[nH]c2ccccc32)cc1. The van der Waals surface area contributed by atoms with Crippen LogP contribution in [0.1, 0.15) is 40.1 Å². The number of carbonyl (C=O) groups excluding carboxylic acids is 1. The fourth-order valence-electron chi connectivity index (χ4n) is 3.61. The van der Waals surface area contributed by atoms with Crippen molar-refractivity contribution in [1.82, 2.24) is 10.3 Å². The number of methoxy groups -OCH3 is 1. The van der Waals surface area contributed by atoms with E-state index in [0.717, 1.165) is 12.0 Å². The van der Waals surface area contributed by atoms with Gasteiger partial charge in [0.2, 0.25) is 0 Å². The number of aromatic nitrogens is 1. The molecule has 4 rings (SSSR count). The van der Waals surface area contributed by atoms with Crippen molar-refractivity contribution in [2.45, 2.75) is 25.4 Å². The molecule has 4 nitrogen and oxygen atoms in total. The summed E-state index contributed by atoms with van der Waals surface area (Å²) >= 11 is 0. The van der Waals surface area contributed by atoms with E-state index in [4.69, 9.17) is 4.74 Å². The van der Waals surface area contributed by atoms with Crippen LogP contribution in [-0.2, 0) is 11.2 Å². The summed E-state index contributed by atoms with van der Waals surface area (Å²) in [6.45, 7) is 2.21. The number of H-pyrrole nitrogens is 1. The summed E-state index contributed by atoms with van der Waals surface area (Å²) < 4.78 is 4.77. The highest BCUT2D eigenvalue weighted by molar-refractivity contribution is 5.89. The Labute approximate surface area is 140 Å². The number of para-hydroxylation sites is 1. The zero-order valence-corrected chi connectivity index (χ0v) is 13.8. The number of ether oxygens (including phenoxy) is 1. The number of rotatable bonds is 2. The lowest BCUT2D eigenvalue weighted by molar-refractivity contribution is 0.0600. The maximum Gasteiger partial charge on any atom is 0.337 e. The van der Waals surface area contributed by atoms with Gasteiger partial charge in [0.1, 0.15) is 0 Å². The monoisotopic (exact) mass is 320 g/mol. The molecule has 24 heavy (non-hydrogen) atoms. The molecule has 0 fully saturated rings. The van der Waals surface area contributed by atoms with Crippen LogP contribution in [0, 0.1) is 0 Å². The minimum atomic E-state index is -0.308. The van der Waals surface area contributed by atoms with E-state index in [9.17, 15) is 4.79 Å². The van der Waals surface area contributed by atoms with Gasteiger partial charge in [-0.3, -0.25) is 0 Å². The summed E-state index contributed by atoms with van der Waals surface area (Å²) in [5.41, 5.74) is 5.50. The first-order valence-corrected chi connectivity index (χ1v) is 8.21. The van der Waals surface area contributed by atoms with Crippen LogP contribution >= 0.6 is 0 Å². The maximum absolute atomic E-state index is 11.6. The van der Waals surface area contributed by atoms with Crippen LogP contribution in [0.4, 0.5) is 0 Å². The Kier molecular flexibility index (Phi) is 3.62. The number of nitrogens with one attached hydrogen (secondary N) is 2. The number of hydrogen-bond donors (Lipinski definition) is 2. The summed E-state index contributed by atoms with van der Waals surface area (Å²) in [7, 11) is 1.40. The van der Waals surface area contributed by atoms with Gasteiger partial charge in [-0.2, -0.15) is 0 Å². The minimum absolute atomic E-state index is 0.0999. The second kappa shape index (κ2) is 5.80. The lowest BCUT2D eigenvalue weighted by Crippen LogP contribution is -2.37. The van der Waals surface area contributed by atoms with Crippen molar-refractivity contribution in [2.75, 3.05) is 7.11 Å². The van der Waals surface area contributed by atoms with Gasteiger partial charge in [0, 0.05) is 22.6 Å². The van der Waals surface area contributed by atoms with E-state index in [1.165, 1.54) is 29.3 Å². The Morgan fingerprint density at radius 3 is 2.62 bits per heavy atom. The molecule has 0 aliphatic carbocycles. The number of hydrogen-bond acceptors (Lipinski definition) is 3. The van der Waals surface area contributed by atoms with Crippen molar-refractivity contribution in [3.05, 3.63) is 70.9 Å². The Balaban J connectivity index is 1.78. The molecule has 2 N–H and O–H groups in total. The number of esters is 1. The van der Waals surface area contributed by atoms with Crippen LogP contribution in [0.5, 0.6) is 0 Å². The van der Waals surface area contributed by atoms with Crippen molar-refractivity contribution in [3.8, 4) is 0 Å². The molecule has 0 saturated carbocycles. The van der Waals surface area contributed by atoms with Gasteiger partial charge in [-0.05, 0) is 42.7 Å². The average molecular weight is 320 g/mol. The Bertz CT molecular complexity index is 896. The normalized spacial score (nSPS) is 19.9. The highest BCUT2D eigenvalue weighted by Gasteiger charge is 2.28. The van der Waals surface area contributed by atoms with E-state index in [1.54, 1.807) is 0 Å². The van der Waals surface area contributed by atoms with Crippen molar-refractivity contribution in [2.24, 2.45) is 0 Å². The Morgan fingerprint density at radius 2 is 1.88 bits per heavy atom. The molecule has 0 bridgehead atoms. The maximum atomic E-state index is 11.6. The molecule has 2 atom stereocenters. The van der Waals surface area contributed by atoms with Gasteiger partial charge >= 0.3 is 5.97 Å². The second-order valence-electron chi connectivity index (χ2n) is 6.38. The molecule has 0 amide bonds. The molecule has 1 aliphatic rings. The van der Waals surface area contributed by atoms with Crippen LogP contribution in [-0.4, -0.2) is 24.1 Å². The molecule has 1 aromatic heterocycles. The van der Waals surface area contributed by atoms with E-state index < -0.39 is 0 Å². The fourth-order valence-corrected chi connectivity index (χ4v) is 3.61. The van der Waals surface area contributed by atoms with Gasteiger partial charge in [0.25, 0.3) is 0 Å². The molecule has 3 aromatic rings. The average Bonchev–Trinajstić information content (AvgIpc) is 2.99. The summed E-state index contributed by atoms with van der Waals surface area (Å²) in [6.07, 6.45) is 1.01. The van der Waals surface area contributed by atoms with Crippen LogP contribution in [0.3, 0.4) is 0 Å². The summed E-state index contributed by atoms with van der Waals surface area (Å²) in [5, 5.41) is 4.97. The van der Waals surface area contributed by atoms with Crippen LogP contribution in [0.2, 0.25) is 0 Å². The van der Waals surface area contributed by atoms with E-state index in [2.05, 4.69) is 41.5 Å². The molecule has 2 aromatic carbocycles. The first-order chi connectivity index (χ1) is 11.7. The van der Waals surface area contributed by atoms with E-state index in [0.29, 0.717) is 11.6 Å². The van der Waals surface area contributed by atoms with Gasteiger partial charge in [-0.1, -0.05) is 30.3 Å². The van der Waals surface area contributed by atoms with Gasteiger partial charge in [0.05, 0.1) is 18.7 Å². The number of fused-ring (bicyclic) bond motifs is 3. The molecule has 0 unspecified atom stereocenters. The smallest absolute Gasteiger partial charge is 0.337 e. The first kappa shape index (κ1) is 15.0. The number of aromatic amines is 1. The lowest BCUT2D eigenvalue weighted by atomic mass is 9.90. The Morgan fingerprint density at radius 1 is 1.12 bits per heavy atom. The highest BCUT2D eigenvalue weighted by atomic mass is 16.5. The van der Waals surface area contributed by atoms with Crippen LogP contribution in [0.15, 0.2) is 48.5 Å². The molecule has 122 valence electrons. The summed E-state index contributed by atoms with van der Waals surface area (Å²) in [5.74, 6) is -0.308. The molecule has 0 spiro atoms. The molecular formula is C20H20N2O2. The third-order valence-corrected chi connectivity index (χ3v) is 4.76. The number of carbonyl (C=O) groups is 1. The van der Waals surface area contributed by atoms with Gasteiger partial charge in [0.15, 0.2) is 0 Å². The first-order valence-electron chi connectivity index (χ1n) is 8.21. The van der Waals surface area contributed by atoms with Gasteiger partial charge in [-0.15, -0.1) is 0 Å². The van der Waals surface area contributed by atoms with Crippen molar-refractivity contribution < 1.29 is 9.53 Å². The molecule has 1 aliphatic heterocycles. The Hall–Kier alpha value is -2.59. The zero-order chi connectivity index (χ0) is 16.7. The predicted octanol–water partition coefficient (Wildman–Crippen LogP) is 3.58. The quantitative estimate of drug-likeness (QED) is 0.710. The number of benzene rings is 2. The molecule has 0 saturated heterocycles. The van der Waals surface area contributed by atoms with Gasteiger partial charge < -0.3 is 15.0 Å². The van der Waals surface area contributed by atoms with Crippen molar-refractivity contribution in [3.63, 3.8) is 0 Å². The lowest BCUT2D eigenvalue weighted by Gasteiger charge is -2.29. The molecule has 2 heterocycles. The third-order valence-electron chi connectivity index (χ3n) is 4.76. The van der Waals surface area contributed by atoms with Crippen LogP contribution < -0.4 is 5.32 Å². The van der Waals surface area contributed by atoms with Crippen LogP contribution in [0.25, 0.3) is 10.9 Å². The molecular weight excluding hydrogens is 300 g/mol. The predicted molar refractivity (Wildman–Crippen MR) is 94.2 cm³/mol. The largest absolute Gasteiger partial charge is 0.465 e. The topological polar surface area (TPSA) is 54.1 Å². The van der Waals surface area contributed by atoms with E-state index in [-0.39, 0.29) is 12.0 Å². The third kappa shape index (κ3) is 2.39. The van der Waals surface area contributed by atoms with Crippen molar-refractivity contribution in [1.29, 1.82) is 0 Å². The standard InChI is InChI=1S/C20H20N2O2/c1-12-11-16-15-5-3-4-6-17(15)22-19(16)18(21-12)13-7-9-14(10-8-13)20(23)24-2/h3-10,12,18,21-22H,11H2,1-2H3/t12-,18-/m0/s1. The molecule has 4 heteroatoms. The summed E-state index contributed by atoms with van der Waals surface area (Å²) in [6, 6.07) is 16.6. The molecule has 0 radical (unpaired) electrons. The minimum Gasteiger partial charge on any atom is -0.465 e. The zero-order valence-electron chi connectivity index (χ0n) is 13.8. The highest BCUT2D eigenvalue weighted by Crippen LogP contribution is 2.35. The van der Waals surface area contributed by atoms with E-state index in [1.807, 2.05) is 24.3 Å². The van der Waals surface area contributed by atoms with Gasteiger partial charge in [-0.25, -0.2) is 4.79 Å². The van der Waals surface area contributed by atoms with Crippen molar-refractivity contribution >= 4 is 16.9 Å². The summed E-state index contributed by atoms with van der Waals surface area (Å²) in [4.78, 5) is 15.2. The second-order valence-corrected chi connectivity index (χ2v) is 6.38.